The third kappa shape index (κ3) is 5.72. The van der Waals surface area contributed by atoms with Crippen LogP contribution in [0.1, 0.15) is 61.4 Å². The Bertz CT molecular complexity index is 1500. The summed E-state index contributed by atoms with van der Waals surface area (Å²) in [5.74, 6) is 1.09. The Kier molecular flexibility index (Phi) is 7.78. The van der Waals surface area contributed by atoms with E-state index in [1.807, 2.05) is 23.1 Å². The number of pyridine rings is 1. The molecule has 2 amide bonds. The fourth-order valence-corrected chi connectivity index (χ4v) is 6.16. The third-order valence-corrected chi connectivity index (χ3v) is 8.47. The molecule has 3 heterocycles. The summed E-state index contributed by atoms with van der Waals surface area (Å²) in [7, 11) is 1.77. The first-order chi connectivity index (χ1) is 20.0. The molecule has 2 N–H and O–H groups in total. The van der Waals surface area contributed by atoms with Crippen molar-refractivity contribution in [3.63, 3.8) is 0 Å². The number of methoxy groups -OCH3 is 1. The van der Waals surface area contributed by atoms with E-state index in [0.29, 0.717) is 40.8 Å². The lowest BCUT2D eigenvalue weighted by Gasteiger charge is -2.31. The van der Waals surface area contributed by atoms with E-state index in [0.717, 1.165) is 49.8 Å². The lowest BCUT2D eigenvalue weighted by Crippen LogP contribution is -2.39. The number of anilines is 2. The van der Waals surface area contributed by atoms with Gasteiger partial charge in [0.05, 0.1) is 23.0 Å². The molecule has 9 nitrogen and oxygen atoms in total. The van der Waals surface area contributed by atoms with Crippen molar-refractivity contribution in [1.29, 1.82) is 0 Å². The van der Waals surface area contributed by atoms with E-state index < -0.39 is 0 Å². The highest BCUT2D eigenvalue weighted by Gasteiger charge is 2.31. The number of hydrogen-bond donors (Lipinski definition) is 2. The zero-order chi connectivity index (χ0) is 28.3. The minimum Gasteiger partial charge on any atom is -0.381 e. The number of fused-ring (bicyclic) bond motifs is 1. The van der Waals surface area contributed by atoms with Crippen LogP contribution < -0.4 is 10.6 Å². The largest absolute Gasteiger partial charge is 0.381 e. The number of aromatic nitrogens is 3. The lowest BCUT2D eigenvalue weighted by atomic mass is 9.89. The van der Waals surface area contributed by atoms with Gasteiger partial charge in [-0.1, -0.05) is 43.4 Å². The molecule has 2 fully saturated rings. The number of amides is 2. The minimum absolute atomic E-state index is 0.0477. The zero-order valence-corrected chi connectivity index (χ0v) is 23.5. The van der Waals surface area contributed by atoms with E-state index in [1.54, 1.807) is 31.6 Å². The first-order valence-electron chi connectivity index (χ1n) is 14.5. The molecule has 0 radical (unpaired) electrons. The van der Waals surface area contributed by atoms with Crippen LogP contribution in [0.15, 0.2) is 61.0 Å². The van der Waals surface area contributed by atoms with Crippen molar-refractivity contribution >= 4 is 40.1 Å². The second-order valence-corrected chi connectivity index (χ2v) is 11.2. The van der Waals surface area contributed by atoms with Crippen LogP contribution in [0.25, 0.3) is 16.5 Å². The standard InChI is InChI=1S/C32H36N6O3/c1-20-17-22(10-15-27(20)38-16-6-9-28(38)39)25-18-33-30(37-31(40)21-7-4-3-5-8-21)26-19-34-32(36-29(25)26)35-23-11-13-24(41-2)14-12-23/h3-5,7-8,10,15,17-20,23-24,27H,6,9,11-14,16H2,1-2H3,(H,33,37,40)(H,34,35,36). The molecule has 1 aliphatic heterocycles. The first-order valence-corrected chi connectivity index (χ1v) is 14.5. The molecule has 2 unspecified atom stereocenters. The minimum atomic E-state index is -0.243. The van der Waals surface area contributed by atoms with Gasteiger partial charge in [0.15, 0.2) is 0 Å². The van der Waals surface area contributed by atoms with E-state index in [1.165, 1.54) is 0 Å². The summed E-state index contributed by atoms with van der Waals surface area (Å²) in [6.45, 7) is 2.94. The summed E-state index contributed by atoms with van der Waals surface area (Å²) in [4.78, 5) is 41.6. The summed E-state index contributed by atoms with van der Waals surface area (Å²) in [5.41, 5.74) is 3.11. The number of benzene rings is 1. The SMILES string of the molecule is COC1CCC(Nc2ncc3c(NC(=O)c4ccccc4)ncc(C4=CC(C)C(N5CCCC5=O)C=C4)c3n2)CC1. The summed E-state index contributed by atoms with van der Waals surface area (Å²) in [6.07, 6.45) is 15.7. The number of carbonyl (C=O) groups is 2. The lowest BCUT2D eigenvalue weighted by molar-refractivity contribution is -0.129. The van der Waals surface area contributed by atoms with Crippen molar-refractivity contribution in [2.24, 2.45) is 5.92 Å². The third-order valence-electron chi connectivity index (χ3n) is 8.47. The maximum absolute atomic E-state index is 13.0. The van der Waals surface area contributed by atoms with Gasteiger partial charge in [-0.25, -0.2) is 15.0 Å². The Morgan fingerprint density at radius 1 is 1.07 bits per heavy atom. The second kappa shape index (κ2) is 11.8. The average Bonchev–Trinajstić information content (AvgIpc) is 3.43. The van der Waals surface area contributed by atoms with Gasteiger partial charge in [0.1, 0.15) is 5.82 Å². The molecule has 2 aromatic heterocycles. The number of hydrogen-bond acceptors (Lipinski definition) is 7. The molecule has 41 heavy (non-hydrogen) atoms. The van der Waals surface area contributed by atoms with Gasteiger partial charge in [-0.2, -0.15) is 0 Å². The molecular formula is C32H36N6O3. The normalized spacial score (nSPS) is 24.4. The smallest absolute Gasteiger partial charge is 0.256 e. The van der Waals surface area contributed by atoms with Crippen LogP contribution in [-0.2, 0) is 9.53 Å². The molecular weight excluding hydrogens is 516 g/mol. The van der Waals surface area contributed by atoms with Crippen LogP contribution in [0, 0.1) is 5.92 Å². The predicted molar refractivity (Wildman–Crippen MR) is 159 cm³/mol. The van der Waals surface area contributed by atoms with Crippen molar-refractivity contribution in [1.82, 2.24) is 19.9 Å². The van der Waals surface area contributed by atoms with E-state index in [4.69, 9.17) is 9.72 Å². The zero-order valence-electron chi connectivity index (χ0n) is 23.5. The van der Waals surface area contributed by atoms with Gasteiger partial charge >= 0.3 is 0 Å². The Morgan fingerprint density at radius 2 is 1.88 bits per heavy atom. The summed E-state index contributed by atoms with van der Waals surface area (Å²) in [5, 5.41) is 7.15. The van der Waals surface area contributed by atoms with Crippen molar-refractivity contribution in [2.75, 3.05) is 24.3 Å². The van der Waals surface area contributed by atoms with Gasteiger partial charge in [-0.3, -0.25) is 9.59 Å². The van der Waals surface area contributed by atoms with Gasteiger partial charge in [-0.15, -0.1) is 0 Å². The molecule has 9 heteroatoms. The number of rotatable bonds is 7. The molecule has 6 rings (SSSR count). The highest BCUT2D eigenvalue weighted by molar-refractivity contribution is 6.09. The second-order valence-electron chi connectivity index (χ2n) is 11.2. The molecule has 212 valence electrons. The average molecular weight is 553 g/mol. The highest BCUT2D eigenvalue weighted by Crippen LogP contribution is 2.34. The quantitative estimate of drug-likeness (QED) is 0.413. The summed E-state index contributed by atoms with van der Waals surface area (Å²) in [6, 6.07) is 9.39. The number of nitrogens with one attached hydrogen (secondary N) is 2. The van der Waals surface area contributed by atoms with Crippen LogP contribution in [-0.4, -0.2) is 63.5 Å². The summed E-state index contributed by atoms with van der Waals surface area (Å²) < 4.78 is 5.53. The fourth-order valence-electron chi connectivity index (χ4n) is 6.16. The van der Waals surface area contributed by atoms with Gasteiger partial charge in [0.2, 0.25) is 11.9 Å². The predicted octanol–water partition coefficient (Wildman–Crippen LogP) is 5.23. The van der Waals surface area contributed by atoms with Crippen LogP contribution in [0.4, 0.5) is 11.8 Å². The number of allylic oxidation sites excluding steroid dienone is 2. The fraction of sp³-hybridized carbons (Fsp3) is 0.406. The Labute approximate surface area is 240 Å². The van der Waals surface area contributed by atoms with Crippen molar-refractivity contribution in [3.8, 4) is 0 Å². The van der Waals surface area contributed by atoms with Gasteiger partial charge in [-0.05, 0) is 55.7 Å². The number of carbonyl (C=O) groups excluding carboxylic acids is 2. The van der Waals surface area contributed by atoms with E-state index >= 15 is 0 Å². The molecule has 1 saturated heterocycles. The van der Waals surface area contributed by atoms with Crippen LogP contribution in [0.5, 0.6) is 0 Å². The highest BCUT2D eigenvalue weighted by atomic mass is 16.5. The van der Waals surface area contributed by atoms with Gasteiger partial charge in [0, 0.05) is 49.6 Å². The summed E-state index contributed by atoms with van der Waals surface area (Å²) >= 11 is 0. The Balaban J connectivity index is 1.33. The van der Waals surface area contributed by atoms with Crippen molar-refractivity contribution in [3.05, 3.63) is 72.1 Å². The van der Waals surface area contributed by atoms with Crippen LogP contribution >= 0.6 is 0 Å². The molecule has 0 spiro atoms. The van der Waals surface area contributed by atoms with E-state index in [2.05, 4.69) is 45.8 Å². The maximum atomic E-state index is 13.0. The monoisotopic (exact) mass is 552 g/mol. The van der Waals surface area contributed by atoms with Crippen LogP contribution in [0.3, 0.4) is 0 Å². The molecule has 2 aliphatic carbocycles. The molecule has 0 bridgehead atoms. The number of likely N-dealkylation sites (tertiary alicyclic amines) is 1. The molecule has 3 aromatic rings. The maximum Gasteiger partial charge on any atom is 0.256 e. The molecule has 1 saturated carbocycles. The van der Waals surface area contributed by atoms with Crippen molar-refractivity contribution in [2.45, 2.75) is 63.6 Å². The van der Waals surface area contributed by atoms with Crippen LogP contribution in [0.2, 0.25) is 0 Å². The number of nitrogens with zero attached hydrogens (tertiary/aromatic N) is 4. The van der Waals surface area contributed by atoms with Gasteiger partial charge < -0.3 is 20.3 Å². The topological polar surface area (TPSA) is 109 Å². The molecule has 3 aliphatic rings. The molecule has 2 atom stereocenters. The first kappa shape index (κ1) is 27.1. The van der Waals surface area contributed by atoms with E-state index in [9.17, 15) is 9.59 Å². The molecule has 1 aromatic carbocycles. The van der Waals surface area contributed by atoms with Gasteiger partial charge in [0.25, 0.3) is 5.91 Å². The Hall–Kier alpha value is -4.11. The van der Waals surface area contributed by atoms with E-state index in [-0.39, 0.29) is 29.8 Å². The van der Waals surface area contributed by atoms with Crippen molar-refractivity contribution < 1.29 is 14.3 Å². The Morgan fingerprint density at radius 3 is 2.59 bits per heavy atom. The number of ether oxygens (including phenoxy) is 1.